The monoisotopic (exact) mass is 713 g/mol. The average Bonchev–Trinajstić information content (AvgIpc) is 3.81. The zero-order valence-corrected chi connectivity index (χ0v) is 30.8. The van der Waals surface area contributed by atoms with Gasteiger partial charge in [0.1, 0.15) is 0 Å². The van der Waals surface area contributed by atoms with Crippen molar-refractivity contribution in [2.24, 2.45) is 0 Å². The molecule has 1 aliphatic rings. The summed E-state index contributed by atoms with van der Waals surface area (Å²) in [5, 5.41) is 4.05. The first kappa shape index (κ1) is 31.7. The number of benzene rings is 7. The van der Waals surface area contributed by atoms with Crippen molar-refractivity contribution in [2.75, 3.05) is 4.90 Å². The van der Waals surface area contributed by atoms with Crippen molar-refractivity contribution in [1.29, 1.82) is 0 Å². The summed E-state index contributed by atoms with van der Waals surface area (Å²) < 4.78 is 4.05. The minimum absolute atomic E-state index is 1.11. The first-order valence-corrected chi connectivity index (χ1v) is 19.8. The fourth-order valence-electron chi connectivity index (χ4n) is 7.84. The number of hydrogen-bond acceptors (Lipinski definition) is 3. The lowest BCUT2D eigenvalue weighted by Crippen LogP contribution is -2.09. The Morgan fingerprint density at radius 3 is 1.64 bits per heavy atom. The van der Waals surface area contributed by atoms with Gasteiger partial charge in [-0.2, -0.15) is 0 Å². The Labute approximate surface area is 318 Å². The van der Waals surface area contributed by atoms with E-state index in [-0.39, 0.29) is 0 Å². The van der Waals surface area contributed by atoms with Crippen LogP contribution in [0.1, 0.15) is 22.4 Å². The van der Waals surface area contributed by atoms with Crippen LogP contribution in [-0.2, 0) is 6.42 Å². The first-order chi connectivity index (χ1) is 26.2. The average molecular weight is 714 g/mol. The second-order valence-electron chi connectivity index (χ2n) is 13.7. The van der Waals surface area contributed by atoms with E-state index in [9.17, 15) is 0 Å². The molecule has 0 saturated carbocycles. The molecule has 0 fully saturated rings. The Kier molecular flexibility index (Phi) is 7.90. The maximum absolute atomic E-state index is 3.91. The highest BCUT2D eigenvalue weighted by Gasteiger charge is 2.18. The zero-order valence-electron chi connectivity index (χ0n) is 29.1. The first-order valence-electron chi connectivity index (χ1n) is 18.2. The molecule has 0 amide bonds. The van der Waals surface area contributed by atoms with E-state index >= 15 is 0 Å². The quantitative estimate of drug-likeness (QED) is 0.159. The summed E-state index contributed by atoms with van der Waals surface area (Å²) in [5.41, 5.74) is 13.4. The smallest absolute Gasteiger partial charge is 0.0462 e. The lowest BCUT2D eigenvalue weighted by Gasteiger charge is -2.26. The Balaban J connectivity index is 1.04. The van der Waals surface area contributed by atoms with Crippen molar-refractivity contribution in [3.63, 3.8) is 0 Å². The van der Waals surface area contributed by atoms with Crippen molar-refractivity contribution in [3.8, 4) is 33.4 Å². The number of fused-ring (bicyclic) bond motifs is 6. The van der Waals surface area contributed by atoms with Gasteiger partial charge in [-0.05, 0) is 111 Å². The van der Waals surface area contributed by atoms with Crippen LogP contribution in [0.15, 0.2) is 170 Å². The van der Waals surface area contributed by atoms with Crippen molar-refractivity contribution in [1.82, 2.24) is 0 Å². The number of allylic oxidation sites excluding steroid dienone is 1. The molecular weight excluding hydrogens is 679 g/mol. The summed E-state index contributed by atoms with van der Waals surface area (Å²) in [6.45, 7) is 3.91. The SMILES string of the molecule is C=Cc1ccc(-c2ccc(N(c3ccc(-c4cccc5c6c(sc45)C=CCC6)cc3)c3ccc(-c4cccc5c4sc4ccccc45)cc3)cc2)cc1. The van der Waals surface area contributed by atoms with Crippen LogP contribution in [0.5, 0.6) is 0 Å². The molecule has 2 aromatic heterocycles. The van der Waals surface area contributed by atoms with Gasteiger partial charge in [-0.25, -0.2) is 0 Å². The maximum atomic E-state index is 3.91. The van der Waals surface area contributed by atoms with Gasteiger partial charge in [0.25, 0.3) is 0 Å². The normalized spacial score (nSPS) is 12.4. The van der Waals surface area contributed by atoms with E-state index in [1.807, 2.05) is 28.7 Å². The molecule has 9 aromatic rings. The molecule has 10 rings (SSSR count). The highest BCUT2D eigenvalue weighted by atomic mass is 32.1. The largest absolute Gasteiger partial charge is 0.311 e. The summed E-state index contributed by atoms with van der Waals surface area (Å²) >= 11 is 3.81. The van der Waals surface area contributed by atoms with Gasteiger partial charge in [-0.1, -0.05) is 134 Å². The van der Waals surface area contributed by atoms with Crippen LogP contribution in [0, 0.1) is 0 Å². The third-order valence-electron chi connectivity index (χ3n) is 10.6. The van der Waals surface area contributed by atoms with E-state index < -0.39 is 0 Å². The highest BCUT2D eigenvalue weighted by Crippen LogP contribution is 2.44. The van der Waals surface area contributed by atoms with Gasteiger partial charge in [0.2, 0.25) is 0 Å². The molecule has 0 saturated heterocycles. The number of rotatable bonds is 7. The van der Waals surface area contributed by atoms with Crippen LogP contribution < -0.4 is 4.90 Å². The molecule has 0 spiro atoms. The van der Waals surface area contributed by atoms with Crippen molar-refractivity contribution in [3.05, 3.63) is 186 Å². The van der Waals surface area contributed by atoms with Gasteiger partial charge in [0.05, 0.1) is 0 Å². The van der Waals surface area contributed by atoms with Crippen molar-refractivity contribution >= 4 is 82.1 Å². The predicted molar refractivity (Wildman–Crippen MR) is 233 cm³/mol. The molecule has 1 nitrogen and oxygen atoms in total. The van der Waals surface area contributed by atoms with Gasteiger partial charge in [-0.15, -0.1) is 22.7 Å². The third-order valence-corrected chi connectivity index (χ3v) is 13.0. The topological polar surface area (TPSA) is 3.24 Å². The molecule has 1 aliphatic carbocycles. The molecule has 3 heteroatoms. The van der Waals surface area contributed by atoms with Gasteiger partial charge < -0.3 is 4.90 Å². The minimum atomic E-state index is 1.11. The van der Waals surface area contributed by atoms with Crippen LogP contribution in [0.4, 0.5) is 17.1 Å². The Bertz CT molecular complexity index is 2820. The van der Waals surface area contributed by atoms with Crippen molar-refractivity contribution in [2.45, 2.75) is 12.8 Å². The summed E-state index contributed by atoms with van der Waals surface area (Å²) in [4.78, 5) is 3.78. The Morgan fingerprint density at radius 1 is 0.491 bits per heavy atom. The maximum Gasteiger partial charge on any atom is 0.0462 e. The van der Waals surface area contributed by atoms with E-state index in [0.717, 1.165) is 35.5 Å². The zero-order chi connectivity index (χ0) is 35.3. The summed E-state index contributed by atoms with van der Waals surface area (Å²) in [7, 11) is 0. The van der Waals surface area contributed by atoms with Gasteiger partial charge >= 0.3 is 0 Å². The van der Waals surface area contributed by atoms with Crippen LogP contribution in [-0.4, -0.2) is 0 Å². The van der Waals surface area contributed by atoms with Gasteiger partial charge in [0.15, 0.2) is 0 Å². The molecular formula is C50H35NS2. The lowest BCUT2D eigenvalue weighted by atomic mass is 9.97. The lowest BCUT2D eigenvalue weighted by molar-refractivity contribution is 1.01. The Hall–Kier alpha value is -6.00. The highest BCUT2D eigenvalue weighted by molar-refractivity contribution is 7.26. The van der Waals surface area contributed by atoms with Crippen LogP contribution in [0.2, 0.25) is 0 Å². The van der Waals surface area contributed by atoms with Crippen LogP contribution >= 0.6 is 22.7 Å². The number of aryl methyl sites for hydroxylation is 1. The second-order valence-corrected chi connectivity index (χ2v) is 15.8. The second kappa shape index (κ2) is 13.2. The molecule has 0 atom stereocenters. The molecule has 2 heterocycles. The van der Waals surface area contributed by atoms with Gasteiger partial charge in [0, 0.05) is 46.8 Å². The van der Waals surface area contributed by atoms with E-state index in [1.165, 1.54) is 74.1 Å². The molecule has 0 aliphatic heterocycles. The summed E-state index contributed by atoms with van der Waals surface area (Å²) in [6, 6.07) is 57.9. The number of anilines is 3. The third kappa shape index (κ3) is 5.61. The standard InChI is InChI=1S/C50H35NS2/c1-2-33-17-19-34(20-18-33)35-21-27-38(28-22-35)51(39-29-23-36(24-30-39)41-11-7-13-45-43-9-3-5-15-47(43)52-49(41)45)40-31-25-37(26-32-40)42-12-8-14-46-44-10-4-6-16-48(44)53-50(42)46/h2-3,5-9,11-32H,1,4,10H2. The van der Waals surface area contributed by atoms with E-state index in [2.05, 4.69) is 181 Å². The van der Waals surface area contributed by atoms with E-state index in [4.69, 9.17) is 0 Å². The molecule has 0 N–H and O–H groups in total. The fraction of sp³-hybridized carbons (Fsp3) is 0.0400. The van der Waals surface area contributed by atoms with Crippen LogP contribution in [0.25, 0.3) is 75.8 Å². The summed E-state index contributed by atoms with van der Waals surface area (Å²) in [5.74, 6) is 0. The summed E-state index contributed by atoms with van der Waals surface area (Å²) in [6.07, 6.45) is 8.75. The number of hydrogen-bond donors (Lipinski definition) is 0. The van der Waals surface area contributed by atoms with Gasteiger partial charge in [-0.3, -0.25) is 0 Å². The molecule has 0 unspecified atom stereocenters. The molecule has 53 heavy (non-hydrogen) atoms. The molecule has 0 bridgehead atoms. The van der Waals surface area contributed by atoms with E-state index in [0.29, 0.717) is 0 Å². The predicted octanol–water partition coefficient (Wildman–Crippen LogP) is 15.3. The number of thiophene rings is 2. The number of nitrogens with zero attached hydrogens (tertiary/aromatic N) is 1. The fourth-order valence-corrected chi connectivity index (χ4v) is 10.4. The van der Waals surface area contributed by atoms with Crippen molar-refractivity contribution < 1.29 is 0 Å². The molecule has 7 aromatic carbocycles. The van der Waals surface area contributed by atoms with Crippen LogP contribution in [0.3, 0.4) is 0 Å². The Morgan fingerprint density at radius 2 is 1.02 bits per heavy atom. The minimum Gasteiger partial charge on any atom is -0.311 e. The van der Waals surface area contributed by atoms with E-state index in [1.54, 1.807) is 0 Å². The molecule has 252 valence electrons. The molecule has 0 radical (unpaired) electrons.